The number of nitrogens with two attached hydrogens (primary N) is 1. The van der Waals surface area contributed by atoms with E-state index < -0.39 is 0 Å². The van der Waals surface area contributed by atoms with Gasteiger partial charge in [-0.05, 0) is 52.6 Å². The molecule has 0 amide bonds. The highest BCUT2D eigenvalue weighted by molar-refractivity contribution is 4.98. The molecule has 2 aliphatic rings. The van der Waals surface area contributed by atoms with Crippen LogP contribution in [0.3, 0.4) is 0 Å². The summed E-state index contributed by atoms with van der Waals surface area (Å²) in [6.45, 7) is 7.62. The van der Waals surface area contributed by atoms with Crippen LogP contribution in [0.5, 0.6) is 0 Å². The Morgan fingerprint density at radius 2 is 1.69 bits per heavy atom. The molecule has 0 aliphatic carbocycles. The zero-order valence-electron chi connectivity index (χ0n) is 10.7. The summed E-state index contributed by atoms with van der Waals surface area (Å²) >= 11 is 0. The van der Waals surface area contributed by atoms with Gasteiger partial charge in [-0.2, -0.15) is 0 Å². The summed E-state index contributed by atoms with van der Waals surface area (Å²) in [6.07, 6.45) is 6.99. The molecule has 0 radical (unpaired) electrons. The molecule has 0 aromatic rings. The molecule has 0 saturated carbocycles. The summed E-state index contributed by atoms with van der Waals surface area (Å²) in [5.74, 6) is 0. The lowest BCUT2D eigenvalue weighted by Gasteiger charge is -2.50. The molecular formula is C13H26N2O. The maximum absolute atomic E-state index is 6.10. The Morgan fingerprint density at radius 1 is 1.12 bits per heavy atom. The maximum atomic E-state index is 6.10. The first-order valence-electron chi connectivity index (χ1n) is 6.77. The third-order valence-electron chi connectivity index (χ3n) is 4.21. The number of piperidine rings is 1. The van der Waals surface area contributed by atoms with Crippen molar-refractivity contribution in [2.45, 2.75) is 63.7 Å². The highest BCUT2D eigenvalue weighted by Gasteiger charge is 2.42. The van der Waals surface area contributed by atoms with E-state index in [-0.39, 0.29) is 5.54 Å². The van der Waals surface area contributed by atoms with Crippen LogP contribution in [-0.2, 0) is 4.74 Å². The van der Waals surface area contributed by atoms with Crippen LogP contribution in [0.1, 0.15) is 46.0 Å². The van der Waals surface area contributed by atoms with Gasteiger partial charge in [0.15, 0.2) is 0 Å². The largest absolute Gasteiger partial charge is 0.375 e. The highest BCUT2D eigenvalue weighted by Crippen LogP contribution is 2.35. The van der Waals surface area contributed by atoms with Gasteiger partial charge < -0.3 is 10.5 Å². The molecule has 2 aliphatic heterocycles. The molecule has 94 valence electrons. The molecule has 2 N–H and O–H groups in total. The van der Waals surface area contributed by atoms with Crippen LogP contribution in [-0.4, -0.2) is 42.3 Å². The lowest BCUT2D eigenvalue weighted by Crippen LogP contribution is -2.60. The molecule has 2 fully saturated rings. The predicted molar refractivity (Wildman–Crippen MR) is 66.5 cm³/mol. The summed E-state index contributed by atoms with van der Waals surface area (Å²) in [5, 5.41) is 0. The average Bonchev–Trinajstić information content (AvgIpc) is 2.29. The van der Waals surface area contributed by atoms with Crippen molar-refractivity contribution in [1.82, 2.24) is 4.90 Å². The molecule has 0 aromatic heterocycles. The number of likely N-dealkylation sites (tertiary alicyclic amines) is 1. The molecule has 3 nitrogen and oxygen atoms in total. The van der Waals surface area contributed by atoms with E-state index in [1.54, 1.807) is 0 Å². The average molecular weight is 226 g/mol. The van der Waals surface area contributed by atoms with Crippen molar-refractivity contribution < 1.29 is 4.74 Å². The van der Waals surface area contributed by atoms with Gasteiger partial charge in [-0.15, -0.1) is 0 Å². The van der Waals surface area contributed by atoms with E-state index in [9.17, 15) is 0 Å². The first-order chi connectivity index (χ1) is 7.66. The van der Waals surface area contributed by atoms with Gasteiger partial charge >= 0.3 is 0 Å². The van der Waals surface area contributed by atoms with Crippen molar-refractivity contribution in [2.24, 2.45) is 5.73 Å². The zero-order chi connectivity index (χ0) is 11.6. The van der Waals surface area contributed by atoms with Crippen molar-refractivity contribution in [3.8, 4) is 0 Å². The fourth-order valence-electron chi connectivity index (χ4n) is 3.57. The Bertz CT molecular complexity index is 216. The minimum absolute atomic E-state index is 0.220. The number of rotatable bonds is 2. The molecule has 2 saturated heterocycles. The summed E-state index contributed by atoms with van der Waals surface area (Å²) in [5.41, 5.74) is 6.32. The van der Waals surface area contributed by atoms with Crippen molar-refractivity contribution in [2.75, 3.05) is 19.6 Å². The van der Waals surface area contributed by atoms with Gasteiger partial charge in [0.05, 0.1) is 12.2 Å². The second-order valence-electron chi connectivity index (χ2n) is 5.64. The third-order valence-corrected chi connectivity index (χ3v) is 4.21. The number of hydrogen-bond acceptors (Lipinski definition) is 3. The molecule has 2 atom stereocenters. The highest BCUT2D eigenvalue weighted by atomic mass is 16.5. The second kappa shape index (κ2) is 5.03. The monoisotopic (exact) mass is 226 g/mol. The zero-order valence-corrected chi connectivity index (χ0v) is 10.7. The molecule has 0 spiro atoms. The van der Waals surface area contributed by atoms with Crippen LogP contribution >= 0.6 is 0 Å². The molecule has 0 aromatic carbocycles. The van der Waals surface area contributed by atoms with Crippen molar-refractivity contribution >= 4 is 0 Å². The van der Waals surface area contributed by atoms with Gasteiger partial charge in [-0.3, -0.25) is 4.90 Å². The topological polar surface area (TPSA) is 38.5 Å². The number of nitrogens with zero attached hydrogens (tertiary/aromatic N) is 1. The summed E-state index contributed by atoms with van der Waals surface area (Å²) in [4.78, 5) is 2.64. The fourth-order valence-corrected chi connectivity index (χ4v) is 3.57. The Kier molecular flexibility index (Phi) is 3.88. The van der Waals surface area contributed by atoms with Crippen molar-refractivity contribution in [1.29, 1.82) is 0 Å². The Labute approximate surface area is 99.3 Å². The molecule has 2 unspecified atom stereocenters. The quantitative estimate of drug-likeness (QED) is 0.779. The van der Waals surface area contributed by atoms with Crippen LogP contribution in [0.25, 0.3) is 0 Å². The van der Waals surface area contributed by atoms with Gasteiger partial charge in [0.1, 0.15) is 0 Å². The maximum Gasteiger partial charge on any atom is 0.0568 e. The van der Waals surface area contributed by atoms with Crippen LogP contribution in [0, 0.1) is 0 Å². The van der Waals surface area contributed by atoms with Gasteiger partial charge in [0.2, 0.25) is 0 Å². The molecule has 0 bridgehead atoms. The van der Waals surface area contributed by atoms with Crippen LogP contribution < -0.4 is 5.73 Å². The predicted octanol–water partition coefficient (Wildman–Crippen LogP) is 1.76. The Balaban J connectivity index is 2.09. The number of hydrogen-bond donors (Lipinski definition) is 1. The van der Waals surface area contributed by atoms with E-state index >= 15 is 0 Å². The van der Waals surface area contributed by atoms with E-state index in [0.717, 1.165) is 19.4 Å². The van der Waals surface area contributed by atoms with Gasteiger partial charge in [0.25, 0.3) is 0 Å². The van der Waals surface area contributed by atoms with E-state index in [2.05, 4.69) is 18.7 Å². The van der Waals surface area contributed by atoms with Crippen molar-refractivity contribution in [3.63, 3.8) is 0 Å². The van der Waals surface area contributed by atoms with E-state index in [1.165, 1.54) is 32.4 Å². The second-order valence-corrected chi connectivity index (χ2v) is 5.64. The fraction of sp³-hybridized carbons (Fsp3) is 1.00. The van der Waals surface area contributed by atoms with Crippen LogP contribution in [0.2, 0.25) is 0 Å². The van der Waals surface area contributed by atoms with Gasteiger partial charge in [-0.25, -0.2) is 0 Å². The standard InChI is InChI=1S/C13H26N2O/c1-11-8-13(10-14,9-12(2)16-11)15-6-4-3-5-7-15/h11-12H,3-10,14H2,1-2H3. The summed E-state index contributed by atoms with van der Waals surface area (Å²) < 4.78 is 5.85. The van der Waals surface area contributed by atoms with Crippen molar-refractivity contribution in [3.05, 3.63) is 0 Å². The van der Waals surface area contributed by atoms with Gasteiger partial charge in [0, 0.05) is 12.1 Å². The molecule has 2 heterocycles. The normalized spacial score (nSPS) is 42.2. The van der Waals surface area contributed by atoms with E-state index in [4.69, 9.17) is 10.5 Å². The molecular weight excluding hydrogens is 200 g/mol. The first-order valence-corrected chi connectivity index (χ1v) is 6.77. The lowest BCUT2D eigenvalue weighted by molar-refractivity contribution is -0.106. The minimum Gasteiger partial charge on any atom is -0.375 e. The third kappa shape index (κ3) is 2.41. The first kappa shape index (κ1) is 12.3. The van der Waals surface area contributed by atoms with E-state index in [1.807, 2.05) is 0 Å². The van der Waals surface area contributed by atoms with E-state index in [0.29, 0.717) is 12.2 Å². The summed E-state index contributed by atoms with van der Waals surface area (Å²) in [6, 6.07) is 0. The minimum atomic E-state index is 0.220. The van der Waals surface area contributed by atoms with Gasteiger partial charge in [-0.1, -0.05) is 6.42 Å². The number of ether oxygens (including phenoxy) is 1. The molecule has 3 heteroatoms. The van der Waals surface area contributed by atoms with Crippen LogP contribution in [0.4, 0.5) is 0 Å². The smallest absolute Gasteiger partial charge is 0.0568 e. The Morgan fingerprint density at radius 3 is 2.19 bits per heavy atom. The SMILES string of the molecule is CC1CC(CN)(N2CCCCC2)CC(C)O1. The molecule has 2 rings (SSSR count). The van der Waals surface area contributed by atoms with Crippen LogP contribution in [0.15, 0.2) is 0 Å². The lowest BCUT2D eigenvalue weighted by atomic mass is 9.81. The molecule has 16 heavy (non-hydrogen) atoms. The Hall–Kier alpha value is -0.120. The summed E-state index contributed by atoms with van der Waals surface area (Å²) in [7, 11) is 0.